The molecule has 0 fully saturated rings. The lowest BCUT2D eigenvalue weighted by molar-refractivity contribution is 0.0950. The SMILES string of the molecule is CNS(=O)(=O)c1cc(C(=O)NCc2cccnc2)cc(C)c1C. The third kappa shape index (κ3) is 3.94. The Balaban J connectivity index is 2.27. The lowest BCUT2D eigenvalue weighted by atomic mass is 10.1. The number of rotatable bonds is 5. The molecule has 122 valence electrons. The summed E-state index contributed by atoms with van der Waals surface area (Å²) in [4.78, 5) is 16.4. The van der Waals surface area contributed by atoms with E-state index in [-0.39, 0.29) is 10.8 Å². The van der Waals surface area contributed by atoms with E-state index in [0.717, 1.165) is 11.1 Å². The van der Waals surface area contributed by atoms with Crippen molar-refractivity contribution in [3.63, 3.8) is 0 Å². The summed E-state index contributed by atoms with van der Waals surface area (Å²) >= 11 is 0. The topological polar surface area (TPSA) is 88.2 Å². The number of pyridine rings is 1. The Morgan fingerprint density at radius 1 is 1.26 bits per heavy atom. The predicted octanol–water partition coefficient (Wildman–Crippen LogP) is 1.54. The van der Waals surface area contributed by atoms with Gasteiger partial charge in [0.15, 0.2) is 0 Å². The Hall–Kier alpha value is -2.25. The van der Waals surface area contributed by atoms with E-state index >= 15 is 0 Å². The molecule has 2 aromatic rings. The van der Waals surface area contributed by atoms with Crippen molar-refractivity contribution in [2.45, 2.75) is 25.3 Å². The molecule has 1 amide bonds. The van der Waals surface area contributed by atoms with Crippen LogP contribution in [0.25, 0.3) is 0 Å². The molecule has 0 aliphatic carbocycles. The summed E-state index contributed by atoms with van der Waals surface area (Å²) in [6.07, 6.45) is 3.32. The van der Waals surface area contributed by atoms with Gasteiger partial charge in [0.25, 0.3) is 5.91 Å². The first-order valence-corrected chi connectivity index (χ1v) is 8.55. The van der Waals surface area contributed by atoms with Gasteiger partial charge in [0.05, 0.1) is 4.90 Å². The molecule has 0 saturated heterocycles. The molecule has 1 aromatic heterocycles. The average Bonchev–Trinajstić information content (AvgIpc) is 2.55. The van der Waals surface area contributed by atoms with Crippen LogP contribution >= 0.6 is 0 Å². The summed E-state index contributed by atoms with van der Waals surface area (Å²) < 4.78 is 26.4. The fraction of sp³-hybridized carbons (Fsp3) is 0.250. The van der Waals surface area contributed by atoms with E-state index in [4.69, 9.17) is 0 Å². The van der Waals surface area contributed by atoms with Crippen molar-refractivity contribution in [2.75, 3.05) is 7.05 Å². The van der Waals surface area contributed by atoms with E-state index in [1.807, 2.05) is 6.07 Å². The fourth-order valence-corrected chi connectivity index (χ4v) is 3.20. The van der Waals surface area contributed by atoms with Crippen molar-refractivity contribution in [3.8, 4) is 0 Å². The van der Waals surface area contributed by atoms with Crippen molar-refractivity contribution in [2.24, 2.45) is 0 Å². The summed E-state index contributed by atoms with van der Waals surface area (Å²) in [5, 5.41) is 2.76. The molecular weight excluding hydrogens is 314 g/mol. The van der Waals surface area contributed by atoms with Crippen LogP contribution in [0.2, 0.25) is 0 Å². The minimum absolute atomic E-state index is 0.117. The summed E-state index contributed by atoms with van der Waals surface area (Å²) in [5.74, 6) is -0.329. The molecule has 0 atom stereocenters. The molecule has 1 aromatic carbocycles. The maximum absolute atomic E-state index is 12.3. The number of carbonyl (C=O) groups is 1. The number of nitrogens with one attached hydrogen (secondary N) is 2. The Kier molecular flexibility index (Phi) is 5.12. The fourth-order valence-electron chi connectivity index (χ4n) is 2.13. The first-order chi connectivity index (χ1) is 10.8. The number of hydrogen-bond donors (Lipinski definition) is 2. The van der Waals surface area contributed by atoms with Crippen molar-refractivity contribution in [1.82, 2.24) is 15.0 Å². The number of nitrogens with zero attached hydrogens (tertiary/aromatic N) is 1. The minimum atomic E-state index is -3.61. The zero-order valence-electron chi connectivity index (χ0n) is 13.3. The van der Waals surface area contributed by atoms with Gasteiger partial charge in [-0.3, -0.25) is 9.78 Å². The quantitative estimate of drug-likeness (QED) is 0.869. The van der Waals surface area contributed by atoms with Gasteiger partial charge in [-0.05, 0) is 55.8 Å². The molecule has 23 heavy (non-hydrogen) atoms. The number of sulfonamides is 1. The van der Waals surface area contributed by atoms with Gasteiger partial charge in [-0.15, -0.1) is 0 Å². The third-order valence-corrected chi connectivity index (χ3v) is 5.16. The van der Waals surface area contributed by atoms with E-state index in [1.54, 1.807) is 38.4 Å². The highest BCUT2D eigenvalue weighted by Gasteiger charge is 2.19. The van der Waals surface area contributed by atoms with Crippen LogP contribution in [0.15, 0.2) is 41.6 Å². The maximum Gasteiger partial charge on any atom is 0.251 e. The Morgan fingerprint density at radius 3 is 2.61 bits per heavy atom. The number of amides is 1. The number of carbonyl (C=O) groups excluding carboxylic acids is 1. The molecule has 6 nitrogen and oxygen atoms in total. The first kappa shape index (κ1) is 17.1. The van der Waals surface area contributed by atoms with Crippen molar-refractivity contribution >= 4 is 15.9 Å². The van der Waals surface area contributed by atoms with Crippen LogP contribution in [-0.4, -0.2) is 26.4 Å². The largest absolute Gasteiger partial charge is 0.348 e. The molecule has 7 heteroatoms. The van der Waals surface area contributed by atoms with Gasteiger partial charge in [0.2, 0.25) is 10.0 Å². The second-order valence-corrected chi connectivity index (χ2v) is 7.02. The lowest BCUT2D eigenvalue weighted by Gasteiger charge is -2.12. The van der Waals surface area contributed by atoms with Crippen LogP contribution in [-0.2, 0) is 16.6 Å². The second kappa shape index (κ2) is 6.89. The zero-order valence-corrected chi connectivity index (χ0v) is 14.1. The third-order valence-electron chi connectivity index (χ3n) is 3.62. The smallest absolute Gasteiger partial charge is 0.251 e. The molecule has 0 aliphatic heterocycles. The van der Waals surface area contributed by atoms with Gasteiger partial charge in [0, 0.05) is 24.5 Å². The standard InChI is InChI=1S/C16H19N3O3S/c1-11-7-14(8-15(12(11)2)23(21,22)17-3)16(20)19-10-13-5-4-6-18-9-13/h4-9,17H,10H2,1-3H3,(H,19,20). The molecule has 0 saturated carbocycles. The molecule has 0 bridgehead atoms. The second-order valence-electron chi connectivity index (χ2n) is 5.17. The van der Waals surface area contributed by atoms with E-state index in [9.17, 15) is 13.2 Å². The number of hydrogen-bond acceptors (Lipinski definition) is 4. The average molecular weight is 333 g/mol. The van der Waals surface area contributed by atoms with E-state index in [2.05, 4.69) is 15.0 Å². The molecule has 0 unspecified atom stereocenters. The molecule has 0 spiro atoms. The highest BCUT2D eigenvalue weighted by molar-refractivity contribution is 7.89. The first-order valence-electron chi connectivity index (χ1n) is 7.07. The summed E-state index contributed by atoms with van der Waals surface area (Å²) in [7, 11) is -2.27. The van der Waals surface area contributed by atoms with E-state index in [1.165, 1.54) is 13.1 Å². The summed E-state index contributed by atoms with van der Waals surface area (Å²) in [6.45, 7) is 3.83. The maximum atomic E-state index is 12.3. The van der Waals surface area contributed by atoms with Crippen LogP contribution in [0.3, 0.4) is 0 Å². The molecule has 0 radical (unpaired) electrons. The molecular formula is C16H19N3O3S. The van der Waals surface area contributed by atoms with Crippen molar-refractivity contribution in [3.05, 3.63) is 58.9 Å². The summed E-state index contributed by atoms with van der Waals surface area (Å²) in [5.41, 5.74) is 2.55. The minimum Gasteiger partial charge on any atom is -0.348 e. The normalized spacial score (nSPS) is 11.3. The number of aromatic nitrogens is 1. The monoisotopic (exact) mass is 333 g/mol. The van der Waals surface area contributed by atoms with Gasteiger partial charge in [-0.1, -0.05) is 6.07 Å². The van der Waals surface area contributed by atoms with Crippen molar-refractivity contribution < 1.29 is 13.2 Å². The van der Waals surface area contributed by atoms with E-state index < -0.39 is 10.0 Å². The van der Waals surface area contributed by atoms with Crippen molar-refractivity contribution in [1.29, 1.82) is 0 Å². The molecule has 1 heterocycles. The van der Waals surface area contributed by atoms with Gasteiger partial charge in [-0.2, -0.15) is 0 Å². The van der Waals surface area contributed by atoms with Crippen LogP contribution in [0.4, 0.5) is 0 Å². The van der Waals surface area contributed by atoms with Crippen LogP contribution < -0.4 is 10.0 Å². The Labute approximate surface area is 136 Å². The van der Waals surface area contributed by atoms with Gasteiger partial charge < -0.3 is 5.32 Å². The summed E-state index contributed by atoms with van der Waals surface area (Å²) in [6, 6.07) is 6.72. The van der Waals surface area contributed by atoms with Crippen LogP contribution in [0.1, 0.15) is 27.0 Å². The van der Waals surface area contributed by atoms with Gasteiger partial charge in [-0.25, -0.2) is 13.1 Å². The van der Waals surface area contributed by atoms with Gasteiger partial charge in [0.1, 0.15) is 0 Å². The molecule has 2 N–H and O–H groups in total. The van der Waals surface area contributed by atoms with Crippen LogP contribution in [0, 0.1) is 13.8 Å². The Bertz CT molecular complexity index is 818. The molecule has 2 rings (SSSR count). The highest BCUT2D eigenvalue weighted by atomic mass is 32.2. The number of aryl methyl sites for hydroxylation is 1. The Morgan fingerprint density at radius 2 is 2.00 bits per heavy atom. The molecule has 0 aliphatic rings. The van der Waals surface area contributed by atoms with Gasteiger partial charge >= 0.3 is 0 Å². The number of benzene rings is 1. The predicted molar refractivity (Wildman–Crippen MR) is 87.6 cm³/mol. The lowest BCUT2D eigenvalue weighted by Crippen LogP contribution is -2.25. The zero-order chi connectivity index (χ0) is 17.0. The highest BCUT2D eigenvalue weighted by Crippen LogP contribution is 2.21. The van der Waals surface area contributed by atoms with Crippen LogP contribution in [0.5, 0.6) is 0 Å². The van der Waals surface area contributed by atoms with E-state index in [0.29, 0.717) is 17.7 Å².